The molecule has 8 heteroatoms. The monoisotopic (exact) mass is 378 g/mol. The highest BCUT2D eigenvalue weighted by Crippen LogP contribution is 2.18. The number of carbonyl (C=O) groups excluding carboxylic acids is 1. The largest absolute Gasteiger partial charge is 0.481 e. The topological polar surface area (TPSA) is 113 Å². The van der Waals surface area contributed by atoms with Crippen molar-refractivity contribution < 1.29 is 23.1 Å². The van der Waals surface area contributed by atoms with Gasteiger partial charge < -0.3 is 10.4 Å². The smallest absolute Gasteiger partial charge is 0.303 e. The molecule has 0 aliphatic rings. The first-order valence-electron chi connectivity index (χ1n) is 8.35. The third-order valence-electron chi connectivity index (χ3n) is 3.81. The molecule has 3 N–H and O–H groups in total. The van der Waals surface area contributed by atoms with Crippen LogP contribution in [0.1, 0.15) is 25.7 Å². The summed E-state index contributed by atoms with van der Waals surface area (Å²) >= 11 is 0. The van der Waals surface area contributed by atoms with Crippen molar-refractivity contribution >= 4 is 32.7 Å². The van der Waals surface area contributed by atoms with Gasteiger partial charge >= 0.3 is 5.97 Å². The minimum Gasteiger partial charge on any atom is -0.481 e. The summed E-state index contributed by atoms with van der Waals surface area (Å²) in [5.74, 6) is -1.14. The van der Waals surface area contributed by atoms with Gasteiger partial charge in [0.2, 0.25) is 15.9 Å². The molecule has 26 heavy (non-hydrogen) atoms. The molecule has 0 radical (unpaired) electrons. The molecule has 140 valence electrons. The molecule has 1 amide bonds. The molecular formula is C18H22N2O5S. The van der Waals surface area contributed by atoms with Crippen LogP contribution in [-0.4, -0.2) is 38.5 Å². The maximum absolute atomic E-state index is 12.3. The molecule has 0 heterocycles. The Balaban J connectivity index is 1.78. The number of unbranched alkanes of at least 4 members (excludes halogenated alkanes) is 1. The van der Waals surface area contributed by atoms with E-state index in [4.69, 9.17) is 5.11 Å². The molecule has 0 unspecified atom stereocenters. The molecule has 2 aromatic carbocycles. The number of hydrogen-bond donors (Lipinski definition) is 3. The van der Waals surface area contributed by atoms with Gasteiger partial charge in [-0.1, -0.05) is 30.3 Å². The molecule has 0 aliphatic carbocycles. The summed E-state index contributed by atoms with van der Waals surface area (Å²) < 4.78 is 27.1. The predicted octanol–water partition coefficient (Wildman–Crippen LogP) is 1.88. The lowest BCUT2D eigenvalue weighted by molar-refractivity contribution is -0.137. The van der Waals surface area contributed by atoms with E-state index in [2.05, 4.69) is 10.0 Å². The standard InChI is InChI=1S/C18H22N2O5S/c21-17(19-11-4-3-7-18(22)23)10-12-20-26(24,25)16-9-8-14-5-1-2-6-15(14)13-16/h1-2,5-6,8-9,13,20H,3-4,7,10-12H2,(H,19,21)(H,22,23). The van der Waals surface area contributed by atoms with Gasteiger partial charge in [-0.25, -0.2) is 13.1 Å². The summed E-state index contributed by atoms with van der Waals surface area (Å²) in [5, 5.41) is 12.9. The van der Waals surface area contributed by atoms with Gasteiger partial charge in [-0.15, -0.1) is 0 Å². The number of fused-ring (bicyclic) bond motifs is 1. The van der Waals surface area contributed by atoms with Gasteiger partial charge in [-0.3, -0.25) is 9.59 Å². The highest BCUT2D eigenvalue weighted by molar-refractivity contribution is 7.89. The van der Waals surface area contributed by atoms with Crippen molar-refractivity contribution in [3.63, 3.8) is 0 Å². The zero-order chi connectivity index (χ0) is 19.0. The minimum absolute atomic E-state index is 0.00385. The number of carboxylic acids is 1. The SMILES string of the molecule is O=C(O)CCCCNC(=O)CCNS(=O)(=O)c1ccc2ccccc2c1. The van der Waals surface area contributed by atoms with E-state index in [0.717, 1.165) is 10.8 Å². The molecule has 2 aromatic rings. The second-order valence-corrected chi connectivity index (χ2v) is 7.62. The van der Waals surface area contributed by atoms with Crippen LogP contribution in [0.3, 0.4) is 0 Å². The summed E-state index contributed by atoms with van der Waals surface area (Å²) in [5.41, 5.74) is 0. The van der Waals surface area contributed by atoms with Crippen LogP contribution in [0.5, 0.6) is 0 Å². The molecule has 0 atom stereocenters. The van der Waals surface area contributed by atoms with Crippen LogP contribution >= 0.6 is 0 Å². The van der Waals surface area contributed by atoms with Gasteiger partial charge in [-0.2, -0.15) is 0 Å². The van der Waals surface area contributed by atoms with Crippen LogP contribution < -0.4 is 10.0 Å². The second kappa shape index (κ2) is 9.30. The van der Waals surface area contributed by atoms with Gasteiger partial charge in [0.15, 0.2) is 0 Å². The van der Waals surface area contributed by atoms with E-state index < -0.39 is 16.0 Å². The number of aliphatic carboxylic acids is 1. The third-order valence-corrected chi connectivity index (χ3v) is 5.27. The average molecular weight is 378 g/mol. The van der Waals surface area contributed by atoms with Gasteiger partial charge in [0, 0.05) is 25.9 Å². The number of hydrogen-bond acceptors (Lipinski definition) is 4. The van der Waals surface area contributed by atoms with Crippen LogP contribution in [0.2, 0.25) is 0 Å². The molecule has 0 aliphatic heterocycles. The predicted molar refractivity (Wildman–Crippen MR) is 98.3 cm³/mol. The number of amides is 1. The Bertz CT molecular complexity index is 880. The van der Waals surface area contributed by atoms with Crippen LogP contribution in [-0.2, 0) is 19.6 Å². The van der Waals surface area contributed by atoms with Crippen molar-refractivity contribution in [3.8, 4) is 0 Å². The summed E-state index contributed by atoms with van der Waals surface area (Å²) in [6, 6.07) is 12.3. The van der Waals surface area contributed by atoms with Crippen molar-refractivity contribution in [2.75, 3.05) is 13.1 Å². The fraction of sp³-hybridized carbons (Fsp3) is 0.333. The Morgan fingerprint density at radius 2 is 1.65 bits per heavy atom. The van der Waals surface area contributed by atoms with Crippen molar-refractivity contribution in [2.24, 2.45) is 0 Å². The molecule has 0 spiro atoms. The Kier molecular flexibility index (Phi) is 7.11. The van der Waals surface area contributed by atoms with Gasteiger partial charge in [0.05, 0.1) is 4.90 Å². The first-order chi connectivity index (χ1) is 12.4. The maximum Gasteiger partial charge on any atom is 0.303 e. The normalized spacial score (nSPS) is 11.4. The summed E-state index contributed by atoms with van der Waals surface area (Å²) in [7, 11) is -3.68. The van der Waals surface area contributed by atoms with Gasteiger partial charge in [-0.05, 0) is 35.7 Å². The van der Waals surface area contributed by atoms with Crippen molar-refractivity contribution in [1.29, 1.82) is 0 Å². The van der Waals surface area contributed by atoms with Crippen molar-refractivity contribution in [1.82, 2.24) is 10.0 Å². The van der Waals surface area contributed by atoms with E-state index in [1.165, 1.54) is 6.07 Å². The molecule has 0 bridgehead atoms. The summed E-state index contributed by atoms with van der Waals surface area (Å²) in [4.78, 5) is 22.2. The van der Waals surface area contributed by atoms with Crippen molar-refractivity contribution in [3.05, 3.63) is 42.5 Å². The first-order valence-corrected chi connectivity index (χ1v) is 9.84. The fourth-order valence-electron chi connectivity index (χ4n) is 2.43. The average Bonchev–Trinajstić information content (AvgIpc) is 2.60. The Morgan fingerprint density at radius 1 is 0.923 bits per heavy atom. The molecule has 0 saturated heterocycles. The number of benzene rings is 2. The number of sulfonamides is 1. The molecule has 0 aromatic heterocycles. The molecule has 2 rings (SSSR count). The van der Waals surface area contributed by atoms with Gasteiger partial charge in [0.1, 0.15) is 0 Å². The zero-order valence-corrected chi connectivity index (χ0v) is 15.1. The Labute approximate surface area is 152 Å². The van der Waals surface area contributed by atoms with E-state index in [-0.39, 0.29) is 30.2 Å². The van der Waals surface area contributed by atoms with E-state index >= 15 is 0 Å². The summed E-state index contributed by atoms with van der Waals surface area (Å²) in [6.07, 6.45) is 1.15. The zero-order valence-electron chi connectivity index (χ0n) is 14.3. The van der Waals surface area contributed by atoms with Crippen LogP contribution in [0, 0.1) is 0 Å². The quantitative estimate of drug-likeness (QED) is 0.547. The van der Waals surface area contributed by atoms with E-state index in [1.807, 2.05) is 24.3 Å². The Hall–Kier alpha value is -2.45. The van der Waals surface area contributed by atoms with Crippen molar-refractivity contribution in [2.45, 2.75) is 30.6 Å². The third kappa shape index (κ3) is 6.12. The summed E-state index contributed by atoms with van der Waals surface area (Å²) in [6.45, 7) is 0.375. The Morgan fingerprint density at radius 3 is 2.38 bits per heavy atom. The molecule has 0 saturated carbocycles. The van der Waals surface area contributed by atoms with E-state index in [9.17, 15) is 18.0 Å². The highest BCUT2D eigenvalue weighted by atomic mass is 32.2. The fourth-order valence-corrected chi connectivity index (χ4v) is 3.50. The second-order valence-electron chi connectivity index (χ2n) is 5.86. The minimum atomic E-state index is -3.68. The van der Waals surface area contributed by atoms with Gasteiger partial charge in [0.25, 0.3) is 0 Å². The lowest BCUT2D eigenvalue weighted by Gasteiger charge is -2.08. The van der Waals surface area contributed by atoms with E-state index in [0.29, 0.717) is 19.4 Å². The molecule has 0 fully saturated rings. The first kappa shape index (κ1) is 19.9. The van der Waals surface area contributed by atoms with Crippen LogP contribution in [0.25, 0.3) is 10.8 Å². The lowest BCUT2D eigenvalue weighted by atomic mass is 10.1. The lowest BCUT2D eigenvalue weighted by Crippen LogP contribution is -2.31. The molecular weight excluding hydrogens is 356 g/mol. The number of carboxylic acid groups (broad SMARTS) is 1. The number of rotatable bonds is 10. The maximum atomic E-state index is 12.3. The van der Waals surface area contributed by atoms with Crippen LogP contribution in [0.15, 0.2) is 47.4 Å². The number of nitrogens with one attached hydrogen (secondary N) is 2. The molecule has 7 nitrogen and oxygen atoms in total. The van der Waals surface area contributed by atoms with E-state index in [1.54, 1.807) is 12.1 Å². The van der Waals surface area contributed by atoms with Crippen LogP contribution in [0.4, 0.5) is 0 Å². The highest BCUT2D eigenvalue weighted by Gasteiger charge is 2.14. The number of carbonyl (C=O) groups is 2.